The molecule has 0 heterocycles. The summed E-state index contributed by atoms with van der Waals surface area (Å²) in [4.78, 5) is 11.0. The molecule has 0 aromatic rings. The van der Waals surface area contributed by atoms with Crippen LogP contribution in [-0.4, -0.2) is 19.1 Å². The average molecular weight is 173 g/mol. The number of methoxy groups -OCH3 is 1. The summed E-state index contributed by atoms with van der Waals surface area (Å²) in [6.45, 7) is 5.98. The third-order valence-electron chi connectivity index (χ3n) is 1.96. The first kappa shape index (κ1) is 11.4. The maximum atomic E-state index is 11.0. The molecule has 0 aliphatic heterocycles. The van der Waals surface area contributed by atoms with E-state index >= 15 is 0 Å². The van der Waals surface area contributed by atoms with Crippen molar-refractivity contribution in [2.24, 2.45) is 17.6 Å². The first-order valence-corrected chi connectivity index (χ1v) is 4.32. The smallest absolute Gasteiger partial charge is 0.309 e. The summed E-state index contributed by atoms with van der Waals surface area (Å²) in [7, 11) is 1.39. The predicted molar refractivity (Wildman–Crippen MR) is 48.6 cm³/mol. The molecule has 0 bridgehead atoms. The maximum absolute atomic E-state index is 11.0. The number of esters is 1. The number of nitrogens with two attached hydrogens (primary N) is 1. The van der Waals surface area contributed by atoms with Crippen molar-refractivity contribution in [2.45, 2.75) is 33.2 Å². The first-order valence-electron chi connectivity index (χ1n) is 4.32. The standard InChI is InChI=1S/C9H19NO2/c1-6(2)5-8(10)7(3)9(11)12-4/h6-8H,5,10H2,1-4H3/t7-,8+/m0/s1. The van der Waals surface area contributed by atoms with Crippen molar-refractivity contribution in [3.63, 3.8) is 0 Å². The summed E-state index contributed by atoms with van der Waals surface area (Å²) in [5.41, 5.74) is 5.79. The second kappa shape index (κ2) is 5.14. The van der Waals surface area contributed by atoms with Crippen LogP contribution in [-0.2, 0) is 9.53 Å². The zero-order chi connectivity index (χ0) is 9.72. The van der Waals surface area contributed by atoms with Crippen molar-refractivity contribution in [2.75, 3.05) is 7.11 Å². The SMILES string of the molecule is COC(=O)[C@@H](C)[C@H](N)CC(C)C. The van der Waals surface area contributed by atoms with Gasteiger partial charge in [0.2, 0.25) is 0 Å². The Bertz CT molecular complexity index is 145. The minimum absolute atomic E-state index is 0.0857. The van der Waals surface area contributed by atoms with Crippen LogP contribution >= 0.6 is 0 Å². The van der Waals surface area contributed by atoms with Gasteiger partial charge in [-0.15, -0.1) is 0 Å². The molecule has 3 heteroatoms. The summed E-state index contributed by atoms with van der Waals surface area (Å²) in [6, 6.07) is -0.0857. The third kappa shape index (κ3) is 3.72. The van der Waals surface area contributed by atoms with Crippen molar-refractivity contribution in [1.82, 2.24) is 0 Å². The Morgan fingerprint density at radius 3 is 2.25 bits per heavy atom. The molecule has 0 saturated heterocycles. The van der Waals surface area contributed by atoms with E-state index in [4.69, 9.17) is 5.73 Å². The summed E-state index contributed by atoms with van der Waals surface area (Å²) < 4.78 is 4.60. The Balaban J connectivity index is 3.91. The van der Waals surface area contributed by atoms with Gasteiger partial charge in [0.05, 0.1) is 13.0 Å². The monoisotopic (exact) mass is 173 g/mol. The highest BCUT2D eigenvalue weighted by molar-refractivity contribution is 5.72. The highest BCUT2D eigenvalue weighted by atomic mass is 16.5. The molecular weight excluding hydrogens is 154 g/mol. The molecule has 0 spiro atoms. The zero-order valence-corrected chi connectivity index (χ0v) is 8.33. The molecule has 2 atom stereocenters. The Morgan fingerprint density at radius 1 is 1.42 bits per heavy atom. The van der Waals surface area contributed by atoms with E-state index in [9.17, 15) is 4.79 Å². The molecule has 0 unspecified atom stereocenters. The van der Waals surface area contributed by atoms with E-state index in [-0.39, 0.29) is 17.9 Å². The van der Waals surface area contributed by atoms with Gasteiger partial charge in [-0.25, -0.2) is 0 Å². The number of carbonyl (C=O) groups is 1. The Kier molecular flexibility index (Phi) is 4.90. The van der Waals surface area contributed by atoms with Gasteiger partial charge in [0.15, 0.2) is 0 Å². The number of hydrogen-bond acceptors (Lipinski definition) is 3. The van der Waals surface area contributed by atoms with E-state index in [0.29, 0.717) is 5.92 Å². The molecule has 12 heavy (non-hydrogen) atoms. The molecule has 0 fully saturated rings. The van der Waals surface area contributed by atoms with Gasteiger partial charge in [-0.05, 0) is 12.3 Å². The summed E-state index contributed by atoms with van der Waals surface area (Å²) >= 11 is 0. The van der Waals surface area contributed by atoms with Crippen LogP contribution < -0.4 is 5.73 Å². The predicted octanol–water partition coefficient (Wildman–Crippen LogP) is 1.17. The average Bonchev–Trinajstić information content (AvgIpc) is 2.00. The third-order valence-corrected chi connectivity index (χ3v) is 1.96. The van der Waals surface area contributed by atoms with Crippen LogP contribution in [0.2, 0.25) is 0 Å². The molecule has 0 aromatic carbocycles. The molecule has 0 aliphatic carbocycles. The number of hydrogen-bond donors (Lipinski definition) is 1. The summed E-state index contributed by atoms with van der Waals surface area (Å²) in [5.74, 6) is 0.104. The molecule has 0 saturated carbocycles. The van der Waals surface area contributed by atoms with Crippen molar-refractivity contribution in [1.29, 1.82) is 0 Å². The maximum Gasteiger partial charge on any atom is 0.309 e. The minimum atomic E-state index is -0.219. The molecule has 72 valence electrons. The number of ether oxygens (including phenoxy) is 1. The fraction of sp³-hybridized carbons (Fsp3) is 0.889. The second-order valence-corrected chi connectivity index (χ2v) is 3.61. The van der Waals surface area contributed by atoms with Gasteiger partial charge in [0.1, 0.15) is 0 Å². The fourth-order valence-corrected chi connectivity index (χ4v) is 1.11. The van der Waals surface area contributed by atoms with Crippen LogP contribution in [0.4, 0.5) is 0 Å². The van der Waals surface area contributed by atoms with Crippen LogP contribution in [0, 0.1) is 11.8 Å². The molecule has 3 nitrogen and oxygen atoms in total. The van der Waals surface area contributed by atoms with Gasteiger partial charge < -0.3 is 10.5 Å². The lowest BCUT2D eigenvalue weighted by molar-refractivity contribution is -0.145. The van der Waals surface area contributed by atoms with Gasteiger partial charge in [0, 0.05) is 6.04 Å². The van der Waals surface area contributed by atoms with Crippen LogP contribution in [0.1, 0.15) is 27.2 Å². The van der Waals surface area contributed by atoms with Crippen molar-refractivity contribution < 1.29 is 9.53 Å². The van der Waals surface area contributed by atoms with E-state index in [2.05, 4.69) is 18.6 Å². The second-order valence-electron chi connectivity index (χ2n) is 3.61. The van der Waals surface area contributed by atoms with Crippen molar-refractivity contribution in [3.8, 4) is 0 Å². The number of rotatable bonds is 4. The highest BCUT2D eigenvalue weighted by Gasteiger charge is 2.21. The Morgan fingerprint density at radius 2 is 1.92 bits per heavy atom. The number of carbonyl (C=O) groups excluding carboxylic acids is 1. The fourth-order valence-electron chi connectivity index (χ4n) is 1.11. The molecule has 0 radical (unpaired) electrons. The highest BCUT2D eigenvalue weighted by Crippen LogP contribution is 2.11. The van der Waals surface area contributed by atoms with E-state index in [0.717, 1.165) is 6.42 Å². The van der Waals surface area contributed by atoms with E-state index in [1.54, 1.807) is 6.92 Å². The molecule has 0 amide bonds. The molecule has 0 rings (SSSR count). The summed E-state index contributed by atoms with van der Waals surface area (Å²) in [5, 5.41) is 0. The molecule has 0 aromatic heterocycles. The molecule has 0 aliphatic rings. The molecular formula is C9H19NO2. The first-order chi connectivity index (χ1) is 5.49. The molecule has 2 N–H and O–H groups in total. The van der Waals surface area contributed by atoms with Gasteiger partial charge in [-0.3, -0.25) is 4.79 Å². The van der Waals surface area contributed by atoms with Gasteiger partial charge >= 0.3 is 5.97 Å². The van der Waals surface area contributed by atoms with Gasteiger partial charge in [0.25, 0.3) is 0 Å². The van der Waals surface area contributed by atoms with Crippen molar-refractivity contribution in [3.05, 3.63) is 0 Å². The van der Waals surface area contributed by atoms with Crippen LogP contribution in [0.15, 0.2) is 0 Å². The summed E-state index contributed by atoms with van der Waals surface area (Å²) in [6.07, 6.45) is 0.857. The van der Waals surface area contributed by atoms with E-state index in [1.165, 1.54) is 7.11 Å². The Hall–Kier alpha value is -0.570. The minimum Gasteiger partial charge on any atom is -0.469 e. The topological polar surface area (TPSA) is 52.3 Å². The van der Waals surface area contributed by atoms with Crippen LogP contribution in [0.5, 0.6) is 0 Å². The van der Waals surface area contributed by atoms with Crippen molar-refractivity contribution >= 4 is 5.97 Å². The van der Waals surface area contributed by atoms with Crippen LogP contribution in [0.25, 0.3) is 0 Å². The lowest BCUT2D eigenvalue weighted by Gasteiger charge is -2.19. The lowest BCUT2D eigenvalue weighted by Crippen LogP contribution is -2.35. The van der Waals surface area contributed by atoms with Crippen LogP contribution in [0.3, 0.4) is 0 Å². The lowest BCUT2D eigenvalue weighted by atomic mass is 9.94. The Labute approximate surface area is 74.3 Å². The quantitative estimate of drug-likeness (QED) is 0.649. The largest absolute Gasteiger partial charge is 0.469 e. The normalized spacial score (nSPS) is 15.8. The van der Waals surface area contributed by atoms with E-state index in [1.807, 2.05) is 0 Å². The van der Waals surface area contributed by atoms with Gasteiger partial charge in [-0.1, -0.05) is 20.8 Å². The zero-order valence-electron chi connectivity index (χ0n) is 8.33. The van der Waals surface area contributed by atoms with E-state index < -0.39 is 0 Å². The van der Waals surface area contributed by atoms with Gasteiger partial charge in [-0.2, -0.15) is 0 Å².